The molecule has 0 saturated heterocycles. The fraction of sp³-hybridized carbons (Fsp3) is 0.160. The van der Waals surface area contributed by atoms with E-state index in [1.54, 1.807) is 11.8 Å². The molecule has 4 aromatic rings. The first-order valence-electron chi connectivity index (χ1n) is 10.6. The number of hydrogen-bond donors (Lipinski definition) is 1. The monoisotopic (exact) mass is 475 g/mol. The van der Waals surface area contributed by atoms with Gasteiger partial charge in [0.05, 0.1) is 5.75 Å². The van der Waals surface area contributed by atoms with Crippen LogP contribution in [0.5, 0.6) is 17.2 Å². The van der Waals surface area contributed by atoms with Gasteiger partial charge in [-0.3, -0.25) is 4.79 Å². The summed E-state index contributed by atoms with van der Waals surface area (Å²) in [6, 6.07) is 20.6. The maximum absolute atomic E-state index is 12.2. The largest absolute Gasteiger partial charge is 0.483 e. The Balaban J connectivity index is 1.12. The maximum Gasteiger partial charge on any atom is 0.262 e. The SMILES string of the molecule is Cc1ccccc1OCC(=O)Nc1ccc(SCc2nnc(-c3ccc4c(c3)OCO4)o2)cc1. The van der Waals surface area contributed by atoms with Crippen LogP contribution in [0.15, 0.2) is 76.0 Å². The first-order chi connectivity index (χ1) is 16.6. The molecule has 5 rings (SSSR count). The van der Waals surface area contributed by atoms with Gasteiger partial charge in [0.2, 0.25) is 18.6 Å². The Bertz CT molecular complexity index is 1310. The van der Waals surface area contributed by atoms with Crippen LogP contribution < -0.4 is 19.5 Å². The van der Waals surface area contributed by atoms with Crippen LogP contribution in [-0.4, -0.2) is 29.5 Å². The molecule has 34 heavy (non-hydrogen) atoms. The van der Waals surface area contributed by atoms with Crippen molar-refractivity contribution >= 4 is 23.4 Å². The van der Waals surface area contributed by atoms with E-state index in [1.165, 1.54) is 0 Å². The Morgan fingerprint density at radius 2 is 1.85 bits per heavy atom. The van der Waals surface area contributed by atoms with Crippen molar-refractivity contribution < 1.29 is 23.4 Å². The van der Waals surface area contributed by atoms with Gasteiger partial charge in [0.15, 0.2) is 18.1 Å². The number of ether oxygens (including phenoxy) is 3. The zero-order chi connectivity index (χ0) is 23.3. The van der Waals surface area contributed by atoms with E-state index < -0.39 is 0 Å². The Hall–Kier alpha value is -3.98. The minimum Gasteiger partial charge on any atom is -0.483 e. The molecular formula is C25H21N3O5S. The highest BCUT2D eigenvalue weighted by Crippen LogP contribution is 2.35. The van der Waals surface area contributed by atoms with Gasteiger partial charge in [0, 0.05) is 16.1 Å². The lowest BCUT2D eigenvalue weighted by molar-refractivity contribution is -0.118. The van der Waals surface area contributed by atoms with Crippen molar-refractivity contribution in [1.29, 1.82) is 0 Å². The number of aromatic nitrogens is 2. The number of rotatable bonds is 8. The van der Waals surface area contributed by atoms with Crippen molar-refractivity contribution in [3.8, 4) is 28.7 Å². The molecule has 0 saturated carbocycles. The molecule has 9 heteroatoms. The summed E-state index contributed by atoms with van der Waals surface area (Å²) in [7, 11) is 0. The number of amides is 1. The summed E-state index contributed by atoms with van der Waals surface area (Å²) in [6.45, 7) is 2.11. The molecule has 2 heterocycles. The normalized spacial score (nSPS) is 11.9. The van der Waals surface area contributed by atoms with Gasteiger partial charge in [-0.25, -0.2) is 0 Å². The minimum absolute atomic E-state index is 0.0514. The summed E-state index contributed by atoms with van der Waals surface area (Å²) >= 11 is 1.56. The first kappa shape index (κ1) is 21.8. The van der Waals surface area contributed by atoms with Crippen LogP contribution in [-0.2, 0) is 10.5 Å². The second-order valence-corrected chi connectivity index (χ2v) is 8.53. The highest BCUT2D eigenvalue weighted by atomic mass is 32.2. The van der Waals surface area contributed by atoms with Gasteiger partial charge in [0.1, 0.15) is 5.75 Å². The molecule has 0 atom stereocenters. The first-order valence-corrected chi connectivity index (χ1v) is 11.6. The van der Waals surface area contributed by atoms with E-state index in [2.05, 4.69) is 15.5 Å². The molecule has 0 spiro atoms. The van der Waals surface area contributed by atoms with Crippen LogP contribution in [0.25, 0.3) is 11.5 Å². The minimum atomic E-state index is -0.217. The average Bonchev–Trinajstić information content (AvgIpc) is 3.52. The summed E-state index contributed by atoms with van der Waals surface area (Å²) in [5, 5.41) is 11.1. The van der Waals surface area contributed by atoms with E-state index in [0.717, 1.165) is 16.0 Å². The van der Waals surface area contributed by atoms with Crippen molar-refractivity contribution in [3.05, 3.63) is 78.2 Å². The van der Waals surface area contributed by atoms with Crippen LogP contribution in [0.2, 0.25) is 0 Å². The molecular weight excluding hydrogens is 454 g/mol. The van der Waals surface area contributed by atoms with Crippen LogP contribution in [0.1, 0.15) is 11.5 Å². The number of thioether (sulfide) groups is 1. The lowest BCUT2D eigenvalue weighted by atomic mass is 10.2. The third-order valence-corrected chi connectivity index (χ3v) is 6.04. The summed E-state index contributed by atoms with van der Waals surface area (Å²) in [4.78, 5) is 13.2. The van der Waals surface area contributed by atoms with Gasteiger partial charge in [-0.2, -0.15) is 0 Å². The Labute approximate surface area is 200 Å². The Kier molecular flexibility index (Phi) is 6.35. The van der Waals surface area contributed by atoms with Gasteiger partial charge in [-0.1, -0.05) is 18.2 Å². The van der Waals surface area contributed by atoms with Crippen LogP contribution in [0, 0.1) is 6.92 Å². The van der Waals surface area contributed by atoms with Gasteiger partial charge < -0.3 is 23.9 Å². The predicted octanol–water partition coefficient (Wildman–Crippen LogP) is 5.08. The fourth-order valence-corrected chi connectivity index (χ4v) is 4.03. The van der Waals surface area contributed by atoms with E-state index in [1.807, 2.05) is 73.7 Å². The van der Waals surface area contributed by atoms with Gasteiger partial charge in [0.25, 0.3) is 5.91 Å². The lowest BCUT2D eigenvalue weighted by Crippen LogP contribution is -2.20. The average molecular weight is 476 g/mol. The molecule has 0 fully saturated rings. The van der Waals surface area contributed by atoms with Gasteiger partial charge >= 0.3 is 0 Å². The number of carbonyl (C=O) groups is 1. The molecule has 172 valence electrons. The number of benzene rings is 3. The number of hydrogen-bond acceptors (Lipinski definition) is 8. The third kappa shape index (κ3) is 5.15. The predicted molar refractivity (Wildman–Crippen MR) is 127 cm³/mol. The summed E-state index contributed by atoms with van der Waals surface area (Å²) in [5.74, 6) is 3.33. The summed E-state index contributed by atoms with van der Waals surface area (Å²) < 4.78 is 22.1. The van der Waals surface area contributed by atoms with E-state index in [9.17, 15) is 4.79 Å². The van der Waals surface area contributed by atoms with E-state index in [0.29, 0.717) is 40.5 Å². The Morgan fingerprint density at radius 1 is 1.03 bits per heavy atom. The van der Waals surface area contributed by atoms with Gasteiger partial charge in [-0.05, 0) is 61.0 Å². The summed E-state index contributed by atoms with van der Waals surface area (Å²) in [5.41, 5.74) is 2.46. The van der Waals surface area contributed by atoms with E-state index in [4.69, 9.17) is 18.6 Å². The highest BCUT2D eigenvalue weighted by Gasteiger charge is 2.17. The summed E-state index contributed by atoms with van der Waals surface area (Å²) in [6.07, 6.45) is 0. The maximum atomic E-state index is 12.2. The lowest BCUT2D eigenvalue weighted by Gasteiger charge is -2.09. The van der Waals surface area contributed by atoms with E-state index in [-0.39, 0.29) is 19.3 Å². The zero-order valence-corrected chi connectivity index (χ0v) is 19.1. The molecule has 0 radical (unpaired) electrons. The number of para-hydroxylation sites is 1. The number of nitrogens with zero attached hydrogens (tertiary/aromatic N) is 2. The highest BCUT2D eigenvalue weighted by molar-refractivity contribution is 7.98. The molecule has 0 bridgehead atoms. The molecule has 1 aliphatic heterocycles. The molecule has 0 unspecified atom stereocenters. The number of carbonyl (C=O) groups excluding carboxylic acids is 1. The Morgan fingerprint density at radius 3 is 2.71 bits per heavy atom. The smallest absolute Gasteiger partial charge is 0.262 e. The molecule has 1 N–H and O–H groups in total. The van der Waals surface area contributed by atoms with Crippen molar-refractivity contribution in [1.82, 2.24) is 10.2 Å². The van der Waals surface area contributed by atoms with Crippen molar-refractivity contribution in [2.45, 2.75) is 17.6 Å². The second kappa shape index (κ2) is 9.88. The van der Waals surface area contributed by atoms with Crippen molar-refractivity contribution in [3.63, 3.8) is 0 Å². The van der Waals surface area contributed by atoms with Gasteiger partial charge in [-0.15, -0.1) is 22.0 Å². The number of anilines is 1. The van der Waals surface area contributed by atoms with Crippen molar-refractivity contribution in [2.75, 3.05) is 18.7 Å². The molecule has 8 nitrogen and oxygen atoms in total. The number of aryl methyl sites for hydroxylation is 1. The fourth-order valence-electron chi connectivity index (χ4n) is 3.30. The molecule has 1 aliphatic rings. The third-order valence-electron chi connectivity index (χ3n) is 5.04. The number of fused-ring (bicyclic) bond motifs is 1. The number of nitrogens with one attached hydrogen (secondary N) is 1. The topological polar surface area (TPSA) is 95.7 Å². The zero-order valence-electron chi connectivity index (χ0n) is 18.3. The van der Waals surface area contributed by atoms with Crippen molar-refractivity contribution in [2.24, 2.45) is 0 Å². The van der Waals surface area contributed by atoms with Crippen LogP contribution in [0.3, 0.4) is 0 Å². The second-order valence-electron chi connectivity index (χ2n) is 7.48. The van der Waals surface area contributed by atoms with E-state index >= 15 is 0 Å². The molecule has 3 aromatic carbocycles. The molecule has 1 amide bonds. The molecule has 1 aromatic heterocycles. The van der Waals surface area contributed by atoms with Crippen LogP contribution >= 0.6 is 11.8 Å². The quantitative estimate of drug-likeness (QED) is 0.352. The standard InChI is InChI=1S/C25H21N3O5S/c1-16-4-2-3-5-20(16)30-13-23(29)26-18-7-9-19(10-8-18)34-14-24-27-28-25(33-24)17-6-11-21-22(12-17)32-15-31-21/h2-12H,13-15H2,1H3,(H,26,29). The molecule has 0 aliphatic carbocycles. The van der Waals surface area contributed by atoms with Crippen LogP contribution in [0.4, 0.5) is 5.69 Å².